The van der Waals surface area contributed by atoms with Crippen LogP contribution in [0, 0.1) is 12.7 Å². The van der Waals surface area contributed by atoms with Gasteiger partial charge in [0.1, 0.15) is 5.82 Å². The van der Waals surface area contributed by atoms with Gasteiger partial charge in [-0.1, -0.05) is 0 Å². The lowest BCUT2D eigenvalue weighted by atomic mass is 10.1. The second-order valence-electron chi connectivity index (χ2n) is 4.83. The molecule has 1 heterocycles. The molecule has 1 aliphatic rings. The van der Waals surface area contributed by atoms with Gasteiger partial charge in [0, 0.05) is 13.1 Å². The Labute approximate surface area is 107 Å². The number of hydrogen-bond acceptors (Lipinski definition) is 4. The summed E-state index contributed by atoms with van der Waals surface area (Å²) in [6.45, 7) is 1.66. The molecule has 0 aliphatic carbocycles. The van der Waals surface area contributed by atoms with Crippen LogP contribution in [-0.4, -0.2) is 33.0 Å². The number of nitrogens with zero attached hydrogens (tertiary/aromatic N) is 1. The second kappa shape index (κ2) is 4.42. The molecule has 1 unspecified atom stereocenters. The van der Waals surface area contributed by atoms with Crippen molar-refractivity contribution in [1.29, 1.82) is 0 Å². The maximum atomic E-state index is 13.3. The average molecular weight is 272 g/mol. The summed E-state index contributed by atoms with van der Waals surface area (Å²) in [7, 11) is -1.14. The predicted molar refractivity (Wildman–Crippen MR) is 71.0 cm³/mol. The van der Waals surface area contributed by atoms with Gasteiger partial charge in [0.05, 0.1) is 22.9 Å². The first-order valence-electron chi connectivity index (χ1n) is 5.79. The van der Waals surface area contributed by atoms with E-state index in [2.05, 4.69) is 0 Å². The number of anilines is 2. The van der Waals surface area contributed by atoms with Crippen LogP contribution in [0.1, 0.15) is 12.0 Å². The third-order valence-corrected chi connectivity index (χ3v) is 5.19. The van der Waals surface area contributed by atoms with E-state index < -0.39 is 9.84 Å². The number of halogens is 1. The fourth-order valence-electron chi connectivity index (χ4n) is 2.26. The zero-order valence-electron chi connectivity index (χ0n) is 10.5. The fraction of sp³-hybridized carbons (Fsp3) is 0.500. The van der Waals surface area contributed by atoms with Crippen LogP contribution in [0.15, 0.2) is 12.1 Å². The highest BCUT2D eigenvalue weighted by atomic mass is 32.2. The first-order valence-corrected chi connectivity index (χ1v) is 7.61. The third-order valence-electron chi connectivity index (χ3n) is 3.44. The van der Waals surface area contributed by atoms with Crippen molar-refractivity contribution in [3.63, 3.8) is 0 Å². The first-order chi connectivity index (χ1) is 8.30. The van der Waals surface area contributed by atoms with Gasteiger partial charge < -0.3 is 10.6 Å². The molecule has 4 nitrogen and oxygen atoms in total. The van der Waals surface area contributed by atoms with Crippen LogP contribution in [0.3, 0.4) is 0 Å². The molecule has 1 atom stereocenters. The molecule has 100 valence electrons. The van der Waals surface area contributed by atoms with Gasteiger partial charge in [0.15, 0.2) is 9.84 Å². The van der Waals surface area contributed by atoms with E-state index in [4.69, 9.17) is 5.73 Å². The lowest BCUT2D eigenvalue weighted by Gasteiger charge is -2.27. The summed E-state index contributed by atoms with van der Waals surface area (Å²) in [5.41, 5.74) is 7.33. The quantitative estimate of drug-likeness (QED) is 0.825. The van der Waals surface area contributed by atoms with Crippen molar-refractivity contribution in [3.05, 3.63) is 23.5 Å². The van der Waals surface area contributed by atoms with Crippen LogP contribution in [0.2, 0.25) is 0 Å². The highest BCUT2D eigenvalue weighted by Gasteiger charge is 2.31. The van der Waals surface area contributed by atoms with Crippen LogP contribution in [-0.2, 0) is 9.84 Å². The number of aryl methyl sites for hydroxylation is 1. The lowest BCUT2D eigenvalue weighted by molar-refractivity contribution is 0.600. The summed E-state index contributed by atoms with van der Waals surface area (Å²) in [6.07, 6.45) is 0.592. The van der Waals surface area contributed by atoms with Crippen molar-refractivity contribution in [2.45, 2.75) is 19.4 Å². The maximum absolute atomic E-state index is 13.3. The summed E-state index contributed by atoms with van der Waals surface area (Å²) in [5.74, 6) is 0.00486. The molecule has 2 rings (SSSR count). The SMILES string of the molecule is Cc1cc(N(C)C2CCS(=O)(=O)C2)c(N)cc1F. The lowest BCUT2D eigenvalue weighted by Crippen LogP contribution is -2.33. The van der Waals surface area contributed by atoms with Crippen LogP contribution < -0.4 is 10.6 Å². The Kier molecular flexibility index (Phi) is 3.23. The Balaban J connectivity index is 2.30. The average Bonchev–Trinajstić information content (AvgIpc) is 2.63. The van der Waals surface area contributed by atoms with Crippen molar-refractivity contribution >= 4 is 21.2 Å². The standard InChI is InChI=1S/C12H17FN2O2S/c1-8-5-12(11(14)6-10(8)13)15(2)9-3-4-18(16,17)7-9/h5-6,9H,3-4,7,14H2,1-2H3. The van der Waals surface area contributed by atoms with E-state index in [-0.39, 0.29) is 23.4 Å². The molecule has 0 spiro atoms. The van der Waals surface area contributed by atoms with Crippen LogP contribution in [0.4, 0.5) is 15.8 Å². The zero-order valence-corrected chi connectivity index (χ0v) is 11.3. The highest BCUT2D eigenvalue weighted by molar-refractivity contribution is 7.91. The van der Waals surface area contributed by atoms with E-state index >= 15 is 0 Å². The number of hydrogen-bond donors (Lipinski definition) is 1. The van der Waals surface area contributed by atoms with Crippen molar-refractivity contribution in [2.75, 3.05) is 29.2 Å². The topological polar surface area (TPSA) is 63.4 Å². The van der Waals surface area contributed by atoms with Gasteiger partial charge in [-0.25, -0.2) is 12.8 Å². The second-order valence-corrected chi connectivity index (χ2v) is 7.06. The molecular weight excluding hydrogens is 255 g/mol. The fourth-order valence-corrected chi connectivity index (χ4v) is 4.04. The minimum Gasteiger partial charge on any atom is -0.397 e. The third kappa shape index (κ3) is 2.43. The van der Waals surface area contributed by atoms with Crippen molar-refractivity contribution < 1.29 is 12.8 Å². The molecule has 1 saturated heterocycles. The van der Waals surface area contributed by atoms with Crippen molar-refractivity contribution in [1.82, 2.24) is 0 Å². The molecule has 1 aromatic rings. The molecule has 0 radical (unpaired) electrons. The molecule has 0 bridgehead atoms. The van der Waals surface area contributed by atoms with Crippen molar-refractivity contribution in [3.8, 4) is 0 Å². The van der Waals surface area contributed by atoms with E-state index in [9.17, 15) is 12.8 Å². The molecule has 0 aromatic heterocycles. The Morgan fingerprint density at radius 3 is 2.67 bits per heavy atom. The zero-order chi connectivity index (χ0) is 13.5. The van der Waals surface area contributed by atoms with Gasteiger partial charge in [-0.05, 0) is 31.0 Å². The molecule has 2 N–H and O–H groups in total. The molecule has 1 fully saturated rings. The summed E-state index contributed by atoms with van der Waals surface area (Å²) in [6, 6.07) is 2.86. The van der Waals surface area contributed by atoms with Crippen LogP contribution in [0.5, 0.6) is 0 Å². The molecule has 6 heteroatoms. The van der Waals surface area contributed by atoms with Crippen LogP contribution in [0.25, 0.3) is 0 Å². The first kappa shape index (κ1) is 13.1. The van der Waals surface area contributed by atoms with Crippen molar-refractivity contribution in [2.24, 2.45) is 0 Å². The molecule has 0 saturated carbocycles. The summed E-state index contributed by atoms with van der Waals surface area (Å²) in [4.78, 5) is 1.84. The summed E-state index contributed by atoms with van der Waals surface area (Å²) >= 11 is 0. The predicted octanol–water partition coefficient (Wildman–Crippen LogP) is 1.34. The van der Waals surface area contributed by atoms with E-state index in [1.807, 2.05) is 4.90 Å². The molecular formula is C12H17FN2O2S. The van der Waals surface area contributed by atoms with Gasteiger partial charge in [0.2, 0.25) is 0 Å². The minimum atomic E-state index is -2.94. The van der Waals surface area contributed by atoms with Crippen LogP contribution >= 0.6 is 0 Å². The number of benzene rings is 1. The minimum absolute atomic E-state index is 0.0813. The maximum Gasteiger partial charge on any atom is 0.152 e. The van der Waals surface area contributed by atoms with E-state index in [0.29, 0.717) is 23.4 Å². The smallest absolute Gasteiger partial charge is 0.152 e. The Bertz CT molecular complexity index is 572. The Morgan fingerprint density at radius 2 is 2.11 bits per heavy atom. The Morgan fingerprint density at radius 1 is 1.44 bits per heavy atom. The number of nitrogen functional groups attached to an aromatic ring is 1. The van der Waals surface area contributed by atoms with E-state index in [0.717, 1.165) is 0 Å². The normalized spacial score (nSPS) is 22.1. The number of rotatable bonds is 2. The summed E-state index contributed by atoms with van der Waals surface area (Å²) < 4.78 is 36.3. The molecule has 1 aliphatic heterocycles. The van der Waals surface area contributed by atoms with Gasteiger partial charge >= 0.3 is 0 Å². The van der Waals surface area contributed by atoms with Gasteiger partial charge in [-0.2, -0.15) is 0 Å². The largest absolute Gasteiger partial charge is 0.397 e. The molecule has 1 aromatic carbocycles. The van der Waals surface area contributed by atoms with Gasteiger partial charge in [-0.15, -0.1) is 0 Å². The van der Waals surface area contributed by atoms with Gasteiger partial charge in [-0.3, -0.25) is 0 Å². The number of sulfone groups is 1. The van der Waals surface area contributed by atoms with E-state index in [1.165, 1.54) is 6.07 Å². The monoisotopic (exact) mass is 272 g/mol. The highest BCUT2D eigenvalue weighted by Crippen LogP contribution is 2.29. The molecule has 0 amide bonds. The van der Waals surface area contributed by atoms with E-state index in [1.54, 1.807) is 20.0 Å². The van der Waals surface area contributed by atoms with Gasteiger partial charge in [0.25, 0.3) is 0 Å². The number of nitrogens with two attached hydrogens (primary N) is 1. The molecule has 18 heavy (non-hydrogen) atoms. The summed E-state index contributed by atoms with van der Waals surface area (Å²) in [5, 5.41) is 0. The Hall–Kier alpha value is -1.30.